The summed E-state index contributed by atoms with van der Waals surface area (Å²) in [5.74, 6) is -0.889. The lowest BCUT2D eigenvalue weighted by atomic mass is 10.1. The van der Waals surface area contributed by atoms with E-state index < -0.39 is 0 Å². The van der Waals surface area contributed by atoms with E-state index in [4.69, 9.17) is 11.6 Å². The lowest BCUT2D eigenvalue weighted by Gasteiger charge is -2.10. The van der Waals surface area contributed by atoms with E-state index in [0.717, 1.165) is 0 Å². The number of anilines is 1. The Bertz CT molecular complexity index is 1090. The molecule has 0 saturated carbocycles. The SMILES string of the molecule is O=C(NCCCNC(=O)c1ccc(Cl)c(NC(=O)c2cccs2)c1)c1cccc(O)c1. The third kappa shape index (κ3) is 6.31. The minimum absolute atomic E-state index is 0.0221. The molecule has 3 rings (SSSR count). The molecule has 1 heterocycles. The number of hydrogen-bond donors (Lipinski definition) is 4. The Morgan fingerprint density at radius 2 is 1.58 bits per heavy atom. The van der Waals surface area contributed by atoms with Crippen LogP contribution in [0.2, 0.25) is 5.02 Å². The van der Waals surface area contributed by atoms with Gasteiger partial charge in [0.15, 0.2) is 0 Å². The first-order valence-electron chi connectivity index (χ1n) is 9.44. The number of thiophene rings is 1. The van der Waals surface area contributed by atoms with E-state index >= 15 is 0 Å². The number of carbonyl (C=O) groups excluding carboxylic acids is 3. The number of benzene rings is 2. The molecule has 2 aromatic carbocycles. The van der Waals surface area contributed by atoms with E-state index in [9.17, 15) is 19.5 Å². The average molecular weight is 458 g/mol. The Labute approximate surface area is 188 Å². The van der Waals surface area contributed by atoms with Gasteiger partial charge in [-0.05, 0) is 54.3 Å². The van der Waals surface area contributed by atoms with E-state index in [1.807, 2.05) is 0 Å². The largest absolute Gasteiger partial charge is 0.508 e. The highest BCUT2D eigenvalue weighted by molar-refractivity contribution is 7.12. The fourth-order valence-corrected chi connectivity index (χ4v) is 3.48. The molecule has 31 heavy (non-hydrogen) atoms. The molecule has 0 saturated heterocycles. The van der Waals surface area contributed by atoms with Crippen molar-refractivity contribution in [1.29, 1.82) is 0 Å². The Morgan fingerprint density at radius 1 is 0.871 bits per heavy atom. The summed E-state index contributed by atoms with van der Waals surface area (Å²) in [4.78, 5) is 37.2. The van der Waals surface area contributed by atoms with Gasteiger partial charge in [-0.2, -0.15) is 0 Å². The monoisotopic (exact) mass is 457 g/mol. The van der Waals surface area contributed by atoms with Gasteiger partial charge in [-0.25, -0.2) is 0 Å². The second-order valence-electron chi connectivity index (χ2n) is 6.54. The van der Waals surface area contributed by atoms with Crippen molar-refractivity contribution >= 4 is 46.3 Å². The predicted molar refractivity (Wildman–Crippen MR) is 121 cm³/mol. The van der Waals surface area contributed by atoms with Crippen LogP contribution in [0.15, 0.2) is 60.0 Å². The van der Waals surface area contributed by atoms with E-state index in [1.54, 1.807) is 41.8 Å². The molecular weight excluding hydrogens is 438 g/mol. The highest BCUT2D eigenvalue weighted by Crippen LogP contribution is 2.24. The topological polar surface area (TPSA) is 108 Å². The number of hydrogen-bond acceptors (Lipinski definition) is 5. The van der Waals surface area contributed by atoms with Crippen molar-refractivity contribution in [3.63, 3.8) is 0 Å². The van der Waals surface area contributed by atoms with Crippen LogP contribution in [0.25, 0.3) is 0 Å². The van der Waals surface area contributed by atoms with Crippen LogP contribution >= 0.6 is 22.9 Å². The summed E-state index contributed by atoms with van der Waals surface area (Å²) in [6, 6.07) is 14.2. The molecule has 1 aromatic heterocycles. The fraction of sp³-hybridized carbons (Fsp3) is 0.136. The summed E-state index contributed by atoms with van der Waals surface area (Å²) in [5.41, 5.74) is 1.07. The van der Waals surface area contributed by atoms with Crippen molar-refractivity contribution in [2.24, 2.45) is 0 Å². The van der Waals surface area contributed by atoms with Crippen molar-refractivity contribution < 1.29 is 19.5 Å². The third-order valence-corrected chi connectivity index (χ3v) is 5.45. The molecule has 0 fully saturated rings. The number of rotatable bonds is 8. The zero-order valence-corrected chi connectivity index (χ0v) is 17.9. The van der Waals surface area contributed by atoms with E-state index in [1.165, 1.54) is 29.5 Å². The number of phenols is 1. The number of phenolic OH excluding ortho intramolecular Hbond substituents is 1. The zero-order chi connectivity index (χ0) is 22.2. The maximum absolute atomic E-state index is 12.4. The Morgan fingerprint density at radius 3 is 2.23 bits per heavy atom. The average Bonchev–Trinajstić information content (AvgIpc) is 3.30. The van der Waals surface area contributed by atoms with Gasteiger partial charge >= 0.3 is 0 Å². The molecule has 0 aliphatic heterocycles. The van der Waals surface area contributed by atoms with E-state index in [-0.39, 0.29) is 23.5 Å². The molecule has 9 heteroatoms. The van der Waals surface area contributed by atoms with E-state index in [2.05, 4.69) is 16.0 Å². The smallest absolute Gasteiger partial charge is 0.265 e. The maximum atomic E-state index is 12.4. The van der Waals surface area contributed by atoms with Crippen LogP contribution in [0.3, 0.4) is 0 Å². The minimum Gasteiger partial charge on any atom is -0.508 e. The van der Waals surface area contributed by atoms with Gasteiger partial charge in [0.05, 0.1) is 15.6 Å². The number of aromatic hydroxyl groups is 1. The minimum atomic E-state index is -0.317. The molecule has 0 atom stereocenters. The highest BCUT2D eigenvalue weighted by atomic mass is 35.5. The first-order valence-corrected chi connectivity index (χ1v) is 10.7. The molecule has 0 unspecified atom stereocenters. The summed E-state index contributed by atoms with van der Waals surface area (Å²) >= 11 is 7.45. The highest BCUT2D eigenvalue weighted by Gasteiger charge is 2.13. The van der Waals surface area contributed by atoms with Gasteiger partial charge < -0.3 is 21.1 Å². The number of nitrogens with one attached hydrogen (secondary N) is 3. The summed E-state index contributed by atoms with van der Waals surface area (Å²) in [7, 11) is 0. The third-order valence-electron chi connectivity index (χ3n) is 4.25. The van der Waals surface area contributed by atoms with Crippen LogP contribution in [-0.4, -0.2) is 35.9 Å². The standard InChI is InChI=1S/C22H20ClN3O4S/c23-17-8-7-15(13-18(17)26-22(30)19-6-2-11-31-19)21(29)25-10-3-9-24-20(28)14-4-1-5-16(27)12-14/h1-2,4-8,11-13,27H,3,9-10H2,(H,24,28)(H,25,29)(H,26,30). The number of halogens is 1. The van der Waals surface area contributed by atoms with Crippen molar-refractivity contribution in [2.45, 2.75) is 6.42 Å². The molecule has 0 aliphatic carbocycles. The van der Waals surface area contributed by atoms with Gasteiger partial charge in [-0.1, -0.05) is 23.7 Å². The number of amides is 3. The summed E-state index contributed by atoms with van der Waals surface area (Å²) in [6.07, 6.45) is 0.520. The summed E-state index contributed by atoms with van der Waals surface area (Å²) in [5, 5.41) is 19.7. The first kappa shape index (κ1) is 22.3. The lowest BCUT2D eigenvalue weighted by molar-refractivity contribution is 0.0949. The number of carbonyl (C=O) groups is 3. The van der Waals surface area contributed by atoms with Crippen molar-refractivity contribution in [1.82, 2.24) is 10.6 Å². The Hall–Kier alpha value is -3.36. The van der Waals surface area contributed by atoms with Gasteiger partial charge in [0, 0.05) is 24.2 Å². The molecule has 7 nitrogen and oxygen atoms in total. The second kappa shape index (κ2) is 10.6. The summed E-state index contributed by atoms with van der Waals surface area (Å²) in [6.45, 7) is 0.705. The lowest BCUT2D eigenvalue weighted by Crippen LogP contribution is -2.30. The normalized spacial score (nSPS) is 10.4. The summed E-state index contributed by atoms with van der Waals surface area (Å²) < 4.78 is 0. The Balaban J connectivity index is 1.47. The fourth-order valence-electron chi connectivity index (χ4n) is 2.70. The van der Waals surface area contributed by atoms with Gasteiger partial charge in [-0.3, -0.25) is 14.4 Å². The van der Waals surface area contributed by atoms with Crippen LogP contribution in [0.1, 0.15) is 36.8 Å². The maximum Gasteiger partial charge on any atom is 0.265 e. The second-order valence-corrected chi connectivity index (χ2v) is 7.90. The molecule has 3 aromatic rings. The molecule has 0 radical (unpaired) electrons. The quantitative estimate of drug-likeness (QED) is 0.384. The van der Waals surface area contributed by atoms with Crippen LogP contribution in [0, 0.1) is 0 Å². The molecule has 0 spiro atoms. The van der Waals surface area contributed by atoms with Crippen LogP contribution in [0.4, 0.5) is 5.69 Å². The van der Waals surface area contributed by atoms with Gasteiger partial charge in [0.2, 0.25) is 0 Å². The Kier molecular flexibility index (Phi) is 7.64. The molecule has 0 aliphatic rings. The van der Waals surface area contributed by atoms with Crippen LogP contribution < -0.4 is 16.0 Å². The van der Waals surface area contributed by atoms with Gasteiger partial charge in [0.25, 0.3) is 17.7 Å². The van der Waals surface area contributed by atoms with Crippen LogP contribution in [-0.2, 0) is 0 Å². The van der Waals surface area contributed by atoms with Gasteiger partial charge in [-0.15, -0.1) is 11.3 Å². The molecule has 4 N–H and O–H groups in total. The van der Waals surface area contributed by atoms with Crippen LogP contribution in [0.5, 0.6) is 5.75 Å². The van der Waals surface area contributed by atoms with Crippen molar-refractivity contribution in [2.75, 3.05) is 18.4 Å². The van der Waals surface area contributed by atoms with Gasteiger partial charge in [0.1, 0.15) is 5.75 Å². The van der Waals surface area contributed by atoms with E-state index in [0.29, 0.717) is 46.2 Å². The first-order chi connectivity index (χ1) is 14.9. The molecule has 160 valence electrons. The van der Waals surface area contributed by atoms with Crippen molar-refractivity contribution in [3.8, 4) is 5.75 Å². The predicted octanol–water partition coefficient (Wildman–Crippen LogP) is 3.91. The molecule has 0 bridgehead atoms. The zero-order valence-electron chi connectivity index (χ0n) is 16.4. The van der Waals surface area contributed by atoms with Crippen molar-refractivity contribution in [3.05, 3.63) is 81.0 Å². The molecular formula is C22H20ClN3O4S. The molecule has 3 amide bonds.